The van der Waals surface area contributed by atoms with E-state index in [2.05, 4.69) is 19.9 Å². The van der Waals surface area contributed by atoms with Gasteiger partial charge in [0.05, 0.1) is 22.8 Å². The molecule has 0 aliphatic heterocycles. The standard InChI is InChI=1S/C31H20N8/c1-5-13-32-20(9-1)28-24-18-17-19(25(24)29(37-36-28)21-10-2-6-14-33-21)27-26(18)30(22-11-3-7-15-34-22)38-39-31(27)23-12-4-8-16-35-23/h1-16,18-19H,17H2. The highest BCUT2D eigenvalue weighted by atomic mass is 15.1. The molecule has 2 bridgehead atoms. The zero-order chi connectivity index (χ0) is 25.8. The Balaban J connectivity index is 1.44. The van der Waals surface area contributed by atoms with Crippen molar-refractivity contribution in [2.45, 2.75) is 18.3 Å². The van der Waals surface area contributed by atoms with E-state index in [1.165, 1.54) is 0 Å². The van der Waals surface area contributed by atoms with Gasteiger partial charge in [0.25, 0.3) is 0 Å². The van der Waals surface area contributed by atoms with Crippen LogP contribution in [0, 0.1) is 0 Å². The average molecular weight is 505 g/mol. The number of rotatable bonds is 4. The quantitative estimate of drug-likeness (QED) is 0.310. The van der Waals surface area contributed by atoms with Crippen molar-refractivity contribution >= 4 is 0 Å². The average Bonchev–Trinajstić information content (AvgIpc) is 3.61. The molecular weight excluding hydrogens is 484 g/mol. The van der Waals surface area contributed by atoms with E-state index in [9.17, 15) is 0 Å². The van der Waals surface area contributed by atoms with Crippen molar-refractivity contribution in [3.05, 3.63) is 120 Å². The van der Waals surface area contributed by atoms with Crippen LogP contribution in [0.3, 0.4) is 0 Å². The van der Waals surface area contributed by atoms with Crippen molar-refractivity contribution in [3.8, 4) is 45.6 Å². The third-order valence-electron chi connectivity index (χ3n) is 7.60. The number of fused-ring (bicyclic) bond motifs is 8. The van der Waals surface area contributed by atoms with Gasteiger partial charge in [-0.25, -0.2) is 0 Å². The molecule has 6 aromatic heterocycles. The van der Waals surface area contributed by atoms with Crippen LogP contribution in [-0.2, 0) is 0 Å². The molecule has 6 heterocycles. The third-order valence-corrected chi connectivity index (χ3v) is 7.60. The van der Waals surface area contributed by atoms with Crippen LogP contribution in [0.2, 0.25) is 0 Å². The lowest BCUT2D eigenvalue weighted by atomic mass is 9.81. The van der Waals surface area contributed by atoms with Crippen LogP contribution in [0.1, 0.15) is 40.5 Å². The first-order valence-electron chi connectivity index (χ1n) is 12.8. The van der Waals surface area contributed by atoms with E-state index in [0.29, 0.717) is 0 Å². The number of hydrogen-bond acceptors (Lipinski definition) is 8. The molecule has 0 saturated carbocycles. The minimum absolute atomic E-state index is 0.0323. The van der Waals surface area contributed by atoms with Crippen molar-refractivity contribution in [3.63, 3.8) is 0 Å². The molecule has 0 aromatic carbocycles. The Labute approximate surface area is 223 Å². The Morgan fingerprint density at radius 1 is 0.385 bits per heavy atom. The topological polar surface area (TPSA) is 103 Å². The lowest BCUT2D eigenvalue weighted by Crippen LogP contribution is -2.15. The van der Waals surface area contributed by atoms with Crippen molar-refractivity contribution in [2.75, 3.05) is 0 Å². The third kappa shape index (κ3) is 3.31. The monoisotopic (exact) mass is 504 g/mol. The Morgan fingerprint density at radius 3 is 0.897 bits per heavy atom. The smallest absolute Gasteiger partial charge is 0.115 e. The molecule has 0 amide bonds. The lowest BCUT2D eigenvalue weighted by Gasteiger charge is -2.25. The molecule has 6 aromatic rings. The van der Waals surface area contributed by atoms with Crippen molar-refractivity contribution < 1.29 is 0 Å². The molecule has 0 saturated heterocycles. The summed E-state index contributed by atoms with van der Waals surface area (Å²) in [5, 5.41) is 19.0. The molecule has 184 valence electrons. The van der Waals surface area contributed by atoms with Crippen LogP contribution in [0.25, 0.3) is 45.6 Å². The maximum atomic E-state index is 4.76. The summed E-state index contributed by atoms with van der Waals surface area (Å²) in [5.74, 6) is 0.0647. The Kier molecular flexibility index (Phi) is 4.84. The fourth-order valence-corrected chi connectivity index (χ4v) is 6.10. The molecule has 0 radical (unpaired) electrons. The van der Waals surface area contributed by atoms with E-state index >= 15 is 0 Å². The molecule has 0 N–H and O–H groups in total. The van der Waals surface area contributed by atoms with E-state index < -0.39 is 0 Å². The number of nitrogens with zero attached hydrogens (tertiary/aromatic N) is 8. The number of hydrogen-bond donors (Lipinski definition) is 0. The summed E-state index contributed by atoms with van der Waals surface area (Å²) in [7, 11) is 0. The van der Waals surface area contributed by atoms with Crippen LogP contribution >= 0.6 is 0 Å². The molecule has 8 rings (SSSR count). The summed E-state index contributed by atoms with van der Waals surface area (Å²) < 4.78 is 0. The van der Waals surface area contributed by atoms with Gasteiger partial charge in [-0.05, 0) is 77.2 Å². The van der Waals surface area contributed by atoms with Gasteiger partial charge in [0, 0.05) is 36.6 Å². The zero-order valence-electron chi connectivity index (χ0n) is 20.7. The van der Waals surface area contributed by atoms with Gasteiger partial charge in [-0.1, -0.05) is 24.3 Å². The molecule has 2 aliphatic carbocycles. The second-order valence-corrected chi connectivity index (χ2v) is 9.65. The predicted octanol–water partition coefficient (Wildman–Crippen LogP) is 5.50. The summed E-state index contributed by atoms with van der Waals surface area (Å²) in [6.07, 6.45) is 8.04. The van der Waals surface area contributed by atoms with Crippen LogP contribution in [-0.4, -0.2) is 40.3 Å². The van der Waals surface area contributed by atoms with E-state index in [4.69, 9.17) is 20.4 Å². The second-order valence-electron chi connectivity index (χ2n) is 9.65. The lowest BCUT2D eigenvalue weighted by molar-refractivity contribution is 0.796. The molecule has 0 atom stereocenters. The van der Waals surface area contributed by atoms with Gasteiger partial charge in [0.2, 0.25) is 0 Å². The fraction of sp³-hybridized carbons (Fsp3) is 0.0968. The van der Waals surface area contributed by atoms with Crippen LogP contribution in [0.15, 0.2) is 97.6 Å². The molecule has 8 nitrogen and oxygen atoms in total. The van der Waals surface area contributed by atoms with Gasteiger partial charge in [-0.2, -0.15) is 0 Å². The normalized spacial score (nSPS) is 16.6. The molecule has 2 aliphatic rings. The molecule has 8 heteroatoms. The highest BCUT2D eigenvalue weighted by Crippen LogP contribution is 2.62. The zero-order valence-corrected chi connectivity index (χ0v) is 20.7. The first-order valence-corrected chi connectivity index (χ1v) is 12.8. The first-order chi connectivity index (χ1) is 19.4. The SMILES string of the molecule is c1ccc(-c2nnc(-c3ccccn3)c3c2C2CC3c3c(-c4ccccn4)nnc(-c4ccccn4)c32)nc1. The van der Waals surface area contributed by atoms with Crippen LogP contribution in [0.5, 0.6) is 0 Å². The summed E-state index contributed by atoms with van der Waals surface area (Å²) in [4.78, 5) is 18.6. The highest BCUT2D eigenvalue weighted by molar-refractivity contribution is 5.82. The molecule has 0 unspecified atom stereocenters. The fourth-order valence-electron chi connectivity index (χ4n) is 6.10. The van der Waals surface area contributed by atoms with Gasteiger partial charge in [0.1, 0.15) is 22.8 Å². The Hall–Kier alpha value is -5.24. The van der Waals surface area contributed by atoms with Gasteiger partial charge < -0.3 is 0 Å². The predicted molar refractivity (Wildman–Crippen MR) is 145 cm³/mol. The van der Waals surface area contributed by atoms with Crippen molar-refractivity contribution in [1.82, 2.24) is 40.3 Å². The van der Waals surface area contributed by atoms with Gasteiger partial charge >= 0.3 is 0 Å². The van der Waals surface area contributed by atoms with E-state index in [1.54, 1.807) is 24.8 Å². The summed E-state index contributed by atoms with van der Waals surface area (Å²) >= 11 is 0. The van der Waals surface area contributed by atoms with E-state index in [0.717, 1.165) is 74.2 Å². The molecule has 0 spiro atoms. The Bertz CT molecular complexity index is 1560. The van der Waals surface area contributed by atoms with Crippen LogP contribution in [0.4, 0.5) is 0 Å². The molecule has 0 fully saturated rings. The van der Waals surface area contributed by atoms with Crippen LogP contribution < -0.4 is 0 Å². The maximum absolute atomic E-state index is 4.76. The largest absolute Gasteiger partial charge is 0.255 e. The van der Waals surface area contributed by atoms with Gasteiger partial charge in [-0.3, -0.25) is 19.9 Å². The minimum Gasteiger partial charge on any atom is -0.255 e. The number of pyridine rings is 4. The van der Waals surface area contributed by atoms with Gasteiger partial charge in [0.15, 0.2) is 0 Å². The van der Waals surface area contributed by atoms with E-state index in [1.807, 2.05) is 72.8 Å². The minimum atomic E-state index is 0.0323. The summed E-state index contributed by atoms with van der Waals surface area (Å²) in [6, 6.07) is 23.5. The molecular formula is C31H20N8. The second kappa shape index (κ2) is 8.66. The van der Waals surface area contributed by atoms with Crippen molar-refractivity contribution in [1.29, 1.82) is 0 Å². The Morgan fingerprint density at radius 2 is 0.667 bits per heavy atom. The highest BCUT2D eigenvalue weighted by Gasteiger charge is 2.49. The first kappa shape index (κ1) is 21.8. The molecule has 39 heavy (non-hydrogen) atoms. The van der Waals surface area contributed by atoms with E-state index in [-0.39, 0.29) is 11.8 Å². The van der Waals surface area contributed by atoms with Crippen molar-refractivity contribution in [2.24, 2.45) is 0 Å². The maximum Gasteiger partial charge on any atom is 0.115 e. The van der Waals surface area contributed by atoms with Gasteiger partial charge in [-0.15, -0.1) is 20.4 Å². The summed E-state index contributed by atoms with van der Waals surface area (Å²) in [6.45, 7) is 0. The number of aromatic nitrogens is 8. The summed E-state index contributed by atoms with van der Waals surface area (Å²) in [5.41, 5.74) is 10.9.